The first-order chi connectivity index (χ1) is 8.19. The molecule has 0 saturated carbocycles. The van der Waals surface area contributed by atoms with E-state index >= 15 is 0 Å². The Hall–Kier alpha value is -0.720. The Morgan fingerprint density at radius 2 is 2.18 bits per heavy atom. The van der Waals surface area contributed by atoms with Gasteiger partial charge in [-0.05, 0) is 30.7 Å². The number of benzene rings is 1. The standard InChI is InChI=1S/C13H16Cl2N2/c1-2-3-4-7-17-13(9-16)11-8-10(14)5-6-12(11)15/h5-6,8,13,17H,4,7,9,16H2,1H3. The Balaban J connectivity index is 2.70. The molecule has 0 heterocycles. The third-order valence-electron chi connectivity index (χ3n) is 2.39. The van der Waals surface area contributed by atoms with Gasteiger partial charge < -0.3 is 11.1 Å². The molecule has 0 aliphatic heterocycles. The number of rotatable bonds is 5. The molecule has 1 aromatic rings. The lowest BCUT2D eigenvalue weighted by molar-refractivity contribution is 0.551. The molecule has 0 aliphatic rings. The topological polar surface area (TPSA) is 38.0 Å². The number of hydrogen-bond acceptors (Lipinski definition) is 2. The Morgan fingerprint density at radius 3 is 2.82 bits per heavy atom. The van der Waals surface area contributed by atoms with Crippen molar-refractivity contribution in [3.05, 3.63) is 33.8 Å². The van der Waals surface area contributed by atoms with E-state index in [0.717, 1.165) is 18.5 Å². The maximum absolute atomic E-state index is 6.13. The predicted octanol–water partition coefficient (Wildman–Crippen LogP) is 3.00. The second-order valence-electron chi connectivity index (χ2n) is 3.59. The molecule has 0 spiro atoms. The SMILES string of the molecule is CC#CCCNC(CN)c1cc(Cl)ccc1Cl. The van der Waals surface area contributed by atoms with Crippen LogP contribution >= 0.6 is 23.2 Å². The van der Waals surface area contributed by atoms with Gasteiger partial charge in [0.2, 0.25) is 0 Å². The van der Waals surface area contributed by atoms with E-state index in [9.17, 15) is 0 Å². The molecule has 92 valence electrons. The summed E-state index contributed by atoms with van der Waals surface area (Å²) >= 11 is 12.1. The van der Waals surface area contributed by atoms with Crippen molar-refractivity contribution in [3.8, 4) is 11.8 Å². The van der Waals surface area contributed by atoms with Crippen LogP contribution in [-0.2, 0) is 0 Å². The molecule has 1 atom stereocenters. The van der Waals surface area contributed by atoms with Crippen molar-refractivity contribution in [1.29, 1.82) is 0 Å². The summed E-state index contributed by atoms with van der Waals surface area (Å²) in [5, 5.41) is 4.66. The highest BCUT2D eigenvalue weighted by atomic mass is 35.5. The summed E-state index contributed by atoms with van der Waals surface area (Å²) in [5.74, 6) is 5.84. The average Bonchev–Trinajstić information content (AvgIpc) is 2.33. The predicted molar refractivity (Wildman–Crippen MR) is 74.3 cm³/mol. The smallest absolute Gasteiger partial charge is 0.0460 e. The number of nitrogens with two attached hydrogens (primary N) is 1. The number of halogens is 2. The van der Waals surface area contributed by atoms with Crippen molar-refractivity contribution >= 4 is 23.2 Å². The van der Waals surface area contributed by atoms with E-state index in [1.807, 2.05) is 13.0 Å². The van der Waals surface area contributed by atoms with Gasteiger partial charge in [0.1, 0.15) is 0 Å². The normalized spacial score (nSPS) is 11.8. The van der Waals surface area contributed by atoms with E-state index in [4.69, 9.17) is 28.9 Å². The largest absolute Gasteiger partial charge is 0.329 e. The molecule has 17 heavy (non-hydrogen) atoms. The van der Waals surface area contributed by atoms with E-state index < -0.39 is 0 Å². The highest BCUT2D eigenvalue weighted by Gasteiger charge is 2.12. The Bertz CT molecular complexity index is 421. The van der Waals surface area contributed by atoms with Crippen molar-refractivity contribution < 1.29 is 0 Å². The molecule has 0 aliphatic carbocycles. The van der Waals surface area contributed by atoms with Gasteiger partial charge in [0.15, 0.2) is 0 Å². The van der Waals surface area contributed by atoms with E-state index in [1.54, 1.807) is 12.1 Å². The van der Waals surface area contributed by atoms with Crippen LogP contribution in [0.5, 0.6) is 0 Å². The van der Waals surface area contributed by atoms with Crippen LogP contribution in [0.1, 0.15) is 24.9 Å². The second-order valence-corrected chi connectivity index (χ2v) is 4.43. The summed E-state index contributed by atoms with van der Waals surface area (Å²) < 4.78 is 0. The van der Waals surface area contributed by atoms with Gasteiger partial charge in [0.25, 0.3) is 0 Å². The molecule has 0 bridgehead atoms. The van der Waals surface area contributed by atoms with Gasteiger partial charge in [0, 0.05) is 35.6 Å². The molecule has 3 N–H and O–H groups in total. The molecule has 0 fully saturated rings. The molecule has 1 rings (SSSR count). The average molecular weight is 271 g/mol. The minimum absolute atomic E-state index is 0.0138. The molecule has 0 aromatic heterocycles. The molecule has 1 unspecified atom stereocenters. The Labute approximate surface area is 112 Å². The Morgan fingerprint density at radius 1 is 1.41 bits per heavy atom. The van der Waals surface area contributed by atoms with Crippen LogP contribution in [-0.4, -0.2) is 13.1 Å². The zero-order valence-corrected chi connectivity index (χ0v) is 11.3. The Kier molecular flexibility index (Phi) is 6.39. The van der Waals surface area contributed by atoms with Crippen molar-refractivity contribution in [2.45, 2.75) is 19.4 Å². The molecule has 4 heteroatoms. The van der Waals surface area contributed by atoms with Crippen molar-refractivity contribution in [2.75, 3.05) is 13.1 Å². The van der Waals surface area contributed by atoms with Crippen LogP contribution in [0.3, 0.4) is 0 Å². The lowest BCUT2D eigenvalue weighted by Crippen LogP contribution is -2.29. The molecule has 2 nitrogen and oxygen atoms in total. The summed E-state index contributed by atoms with van der Waals surface area (Å²) in [6.07, 6.45) is 0.797. The highest BCUT2D eigenvalue weighted by molar-refractivity contribution is 6.33. The first kappa shape index (κ1) is 14.3. The van der Waals surface area contributed by atoms with Gasteiger partial charge in [-0.15, -0.1) is 11.8 Å². The summed E-state index contributed by atoms with van der Waals surface area (Å²) in [6, 6.07) is 5.42. The van der Waals surface area contributed by atoms with E-state index in [2.05, 4.69) is 17.2 Å². The minimum atomic E-state index is 0.0138. The molecule has 1 aromatic carbocycles. The number of hydrogen-bond donors (Lipinski definition) is 2. The quantitative estimate of drug-likeness (QED) is 0.638. The molecule has 0 radical (unpaired) electrons. The third kappa shape index (κ3) is 4.57. The van der Waals surface area contributed by atoms with Crippen LogP contribution in [0.15, 0.2) is 18.2 Å². The van der Waals surface area contributed by atoms with Crippen LogP contribution in [0.25, 0.3) is 0 Å². The molecular formula is C13H16Cl2N2. The van der Waals surface area contributed by atoms with Crippen LogP contribution in [0.4, 0.5) is 0 Å². The van der Waals surface area contributed by atoms with Crippen LogP contribution < -0.4 is 11.1 Å². The highest BCUT2D eigenvalue weighted by Crippen LogP contribution is 2.25. The monoisotopic (exact) mass is 270 g/mol. The molecular weight excluding hydrogens is 255 g/mol. The fourth-order valence-corrected chi connectivity index (χ4v) is 1.97. The van der Waals surface area contributed by atoms with Gasteiger partial charge in [-0.2, -0.15) is 0 Å². The summed E-state index contributed by atoms with van der Waals surface area (Å²) in [5.41, 5.74) is 6.67. The van der Waals surface area contributed by atoms with Gasteiger partial charge >= 0.3 is 0 Å². The van der Waals surface area contributed by atoms with E-state index in [1.165, 1.54) is 0 Å². The zero-order valence-electron chi connectivity index (χ0n) is 9.76. The summed E-state index contributed by atoms with van der Waals surface area (Å²) in [6.45, 7) is 3.08. The lowest BCUT2D eigenvalue weighted by Gasteiger charge is -2.18. The van der Waals surface area contributed by atoms with Crippen molar-refractivity contribution in [3.63, 3.8) is 0 Å². The van der Waals surface area contributed by atoms with E-state index in [-0.39, 0.29) is 6.04 Å². The van der Waals surface area contributed by atoms with Crippen LogP contribution in [0, 0.1) is 11.8 Å². The van der Waals surface area contributed by atoms with Crippen molar-refractivity contribution in [2.24, 2.45) is 5.73 Å². The fourth-order valence-electron chi connectivity index (χ4n) is 1.54. The van der Waals surface area contributed by atoms with Gasteiger partial charge in [-0.25, -0.2) is 0 Å². The van der Waals surface area contributed by atoms with Crippen LogP contribution in [0.2, 0.25) is 10.0 Å². The molecule has 0 saturated heterocycles. The maximum Gasteiger partial charge on any atom is 0.0460 e. The summed E-state index contributed by atoms with van der Waals surface area (Å²) in [4.78, 5) is 0. The maximum atomic E-state index is 6.13. The third-order valence-corrected chi connectivity index (χ3v) is 2.97. The zero-order chi connectivity index (χ0) is 12.7. The van der Waals surface area contributed by atoms with Gasteiger partial charge in [0.05, 0.1) is 0 Å². The lowest BCUT2D eigenvalue weighted by atomic mass is 10.1. The first-order valence-electron chi connectivity index (χ1n) is 5.47. The fraction of sp³-hybridized carbons (Fsp3) is 0.385. The first-order valence-corrected chi connectivity index (χ1v) is 6.22. The second kappa shape index (κ2) is 7.58. The number of nitrogens with one attached hydrogen (secondary N) is 1. The molecule has 0 amide bonds. The van der Waals surface area contributed by atoms with Gasteiger partial charge in [-0.1, -0.05) is 23.2 Å². The van der Waals surface area contributed by atoms with Gasteiger partial charge in [-0.3, -0.25) is 0 Å². The minimum Gasteiger partial charge on any atom is -0.329 e. The van der Waals surface area contributed by atoms with E-state index in [0.29, 0.717) is 16.6 Å². The van der Waals surface area contributed by atoms with Crippen molar-refractivity contribution in [1.82, 2.24) is 5.32 Å². The summed E-state index contributed by atoms with van der Waals surface area (Å²) in [7, 11) is 0.